The van der Waals surface area contributed by atoms with Gasteiger partial charge in [-0.05, 0) is 36.0 Å². The Labute approximate surface area is 123 Å². The van der Waals surface area contributed by atoms with Crippen molar-refractivity contribution in [1.82, 2.24) is 9.80 Å². The summed E-state index contributed by atoms with van der Waals surface area (Å²) in [6, 6.07) is 7.51. The summed E-state index contributed by atoms with van der Waals surface area (Å²) < 4.78 is 5.41. The minimum absolute atomic E-state index is 0.0931. The molecule has 1 aromatic rings. The van der Waals surface area contributed by atoms with E-state index in [1.165, 1.54) is 4.90 Å². The number of ether oxygens (including phenoxy) is 1. The minimum atomic E-state index is -0.0931. The van der Waals surface area contributed by atoms with Crippen LogP contribution in [-0.2, 0) is 4.79 Å². The Morgan fingerprint density at radius 2 is 1.90 bits per heavy atom. The van der Waals surface area contributed by atoms with Crippen LogP contribution in [0.2, 0.25) is 0 Å². The molecule has 0 aromatic heterocycles. The van der Waals surface area contributed by atoms with Gasteiger partial charge in [0.1, 0.15) is 18.1 Å². The van der Waals surface area contributed by atoms with Crippen LogP contribution in [-0.4, -0.2) is 41.5 Å². The van der Waals surface area contributed by atoms with E-state index in [0.717, 1.165) is 11.3 Å². The normalized spacial score (nSPS) is 17.0. The summed E-state index contributed by atoms with van der Waals surface area (Å²) in [5.74, 6) is 0.676. The highest BCUT2D eigenvalue weighted by Crippen LogP contribution is 2.21. The van der Waals surface area contributed by atoms with Crippen molar-refractivity contribution in [2.45, 2.75) is 0 Å². The Kier molecular flexibility index (Phi) is 4.20. The molecule has 1 fully saturated rings. The Balaban J connectivity index is 2.20. The summed E-state index contributed by atoms with van der Waals surface area (Å²) in [4.78, 5) is 15.2. The van der Waals surface area contributed by atoms with Gasteiger partial charge < -0.3 is 9.64 Å². The van der Waals surface area contributed by atoms with Gasteiger partial charge in [-0.3, -0.25) is 9.69 Å². The summed E-state index contributed by atoms with van der Waals surface area (Å²) >= 11 is 5.16. The summed E-state index contributed by atoms with van der Waals surface area (Å²) in [5, 5.41) is 0.507. The number of rotatable bonds is 4. The van der Waals surface area contributed by atoms with Crippen molar-refractivity contribution in [3.63, 3.8) is 0 Å². The molecule has 5 heteroatoms. The molecule has 20 heavy (non-hydrogen) atoms. The Bertz CT molecular complexity index is 578. The standard InChI is InChI=1S/C15H16N2O2S/c1-4-9-19-12-7-5-11(6-8-12)10-13-14(18)17(3)15(20)16(13)2/h4-8,10H,1,9H2,2-3H3/b13-10+. The summed E-state index contributed by atoms with van der Waals surface area (Å²) in [6.45, 7) is 4.07. The smallest absolute Gasteiger partial charge is 0.276 e. The van der Waals surface area contributed by atoms with Gasteiger partial charge in [-0.15, -0.1) is 0 Å². The van der Waals surface area contributed by atoms with Crippen LogP contribution in [0.4, 0.5) is 0 Å². The van der Waals surface area contributed by atoms with Crippen molar-refractivity contribution in [3.05, 3.63) is 48.2 Å². The number of carbonyl (C=O) groups is 1. The van der Waals surface area contributed by atoms with Gasteiger partial charge in [-0.25, -0.2) is 0 Å². The number of hydrogen-bond donors (Lipinski definition) is 0. The van der Waals surface area contributed by atoms with Crippen LogP contribution >= 0.6 is 12.2 Å². The molecule has 0 N–H and O–H groups in total. The highest BCUT2D eigenvalue weighted by atomic mass is 32.1. The third-order valence-electron chi connectivity index (χ3n) is 3.01. The molecule has 1 heterocycles. The lowest BCUT2D eigenvalue weighted by Gasteiger charge is -2.11. The Hall–Kier alpha value is -2.14. The van der Waals surface area contributed by atoms with E-state index in [2.05, 4.69) is 6.58 Å². The third kappa shape index (κ3) is 2.72. The van der Waals surface area contributed by atoms with Crippen LogP contribution in [0.25, 0.3) is 6.08 Å². The van der Waals surface area contributed by atoms with Crippen LogP contribution in [0.5, 0.6) is 5.75 Å². The SMILES string of the molecule is C=CCOc1ccc(/C=C2\C(=O)N(C)C(=S)N2C)cc1. The predicted molar refractivity (Wildman–Crippen MR) is 83.2 cm³/mol. The molecule has 0 radical (unpaired) electrons. The molecule has 0 spiro atoms. The lowest BCUT2D eigenvalue weighted by Crippen LogP contribution is -2.26. The largest absolute Gasteiger partial charge is 0.490 e. The molecule has 0 atom stereocenters. The van der Waals surface area contributed by atoms with Gasteiger partial charge in [0.2, 0.25) is 0 Å². The monoisotopic (exact) mass is 288 g/mol. The number of benzene rings is 1. The lowest BCUT2D eigenvalue weighted by atomic mass is 10.2. The lowest BCUT2D eigenvalue weighted by molar-refractivity contribution is -0.121. The van der Waals surface area contributed by atoms with Gasteiger partial charge in [-0.2, -0.15) is 0 Å². The molecule has 0 saturated carbocycles. The first-order chi connectivity index (χ1) is 9.54. The number of nitrogens with zero attached hydrogens (tertiary/aromatic N) is 2. The van der Waals surface area contributed by atoms with Gasteiger partial charge in [-0.1, -0.05) is 24.8 Å². The number of hydrogen-bond acceptors (Lipinski definition) is 3. The number of amides is 1. The van der Waals surface area contributed by atoms with E-state index in [9.17, 15) is 4.79 Å². The Morgan fingerprint density at radius 1 is 1.25 bits per heavy atom. The number of thiocarbonyl (C=S) groups is 1. The van der Waals surface area contributed by atoms with Gasteiger partial charge in [0.05, 0.1) is 0 Å². The van der Waals surface area contributed by atoms with Crippen LogP contribution in [0.3, 0.4) is 0 Å². The third-order valence-corrected chi connectivity index (χ3v) is 3.56. The number of likely N-dealkylation sites (N-methyl/N-ethyl adjacent to an activating group) is 2. The summed E-state index contributed by atoms with van der Waals surface area (Å²) in [7, 11) is 3.46. The molecule has 1 aliphatic heterocycles. The van der Waals surface area contributed by atoms with E-state index < -0.39 is 0 Å². The highest BCUT2D eigenvalue weighted by molar-refractivity contribution is 7.80. The van der Waals surface area contributed by atoms with Gasteiger partial charge >= 0.3 is 0 Å². The molecule has 1 aliphatic rings. The maximum atomic E-state index is 12.0. The van der Waals surface area contributed by atoms with Crippen LogP contribution in [0, 0.1) is 0 Å². The summed E-state index contributed by atoms with van der Waals surface area (Å²) in [5.41, 5.74) is 1.49. The van der Waals surface area contributed by atoms with Crippen molar-refractivity contribution >= 4 is 29.3 Å². The summed E-state index contributed by atoms with van der Waals surface area (Å²) in [6.07, 6.45) is 3.51. The molecule has 4 nitrogen and oxygen atoms in total. The van der Waals surface area contributed by atoms with Crippen molar-refractivity contribution in [2.24, 2.45) is 0 Å². The fraction of sp³-hybridized carbons (Fsp3) is 0.200. The molecule has 2 rings (SSSR count). The zero-order chi connectivity index (χ0) is 14.7. The molecule has 0 unspecified atom stereocenters. The van der Waals surface area contributed by atoms with Gasteiger partial charge in [0.25, 0.3) is 5.91 Å². The molecule has 0 aliphatic carbocycles. The average molecular weight is 288 g/mol. The highest BCUT2D eigenvalue weighted by Gasteiger charge is 2.32. The first-order valence-corrected chi connectivity index (χ1v) is 6.56. The maximum absolute atomic E-state index is 12.0. The fourth-order valence-corrected chi connectivity index (χ4v) is 2.04. The topological polar surface area (TPSA) is 32.8 Å². The second-order valence-electron chi connectivity index (χ2n) is 4.40. The zero-order valence-electron chi connectivity index (χ0n) is 11.5. The van der Waals surface area contributed by atoms with E-state index in [4.69, 9.17) is 17.0 Å². The minimum Gasteiger partial charge on any atom is -0.490 e. The van der Waals surface area contributed by atoms with E-state index in [0.29, 0.717) is 17.4 Å². The fourth-order valence-electron chi connectivity index (χ4n) is 1.86. The average Bonchev–Trinajstić information content (AvgIpc) is 2.64. The van der Waals surface area contributed by atoms with E-state index in [-0.39, 0.29) is 5.91 Å². The quantitative estimate of drug-likeness (QED) is 0.483. The van der Waals surface area contributed by atoms with Gasteiger partial charge in [0, 0.05) is 14.1 Å². The van der Waals surface area contributed by atoms with Crippen molar-refractivity contribution in [2.75, 3.05) is 20.7 Å². The first kappa shape index (κ1) is 14.3. The molecular weight excluding hydrogens is 272 g/mol. The molecular formula is C15H16N2O2S. The van der Waals surface area contributed by atoms with Crippen molar-refractivity contribution in [3.8, 4) is 5.75 Å². The Morgan fingerprint density at radius 3 is 2.40 bits per heavy atom. The van der Waals surface area contributed by atoms with Crippen LogP contribution in [0.15, 0.2) is 42.6 Å². The molecule has 0 bridgehead atoms. The van der Waals surface area contributed by atoms with E-state index in [1.807, 2.05) is 30.3 Å². The molecule has 104 valence electrons. The van der Waals surface area contributed by atoms with Crippen molar-refractivity contribution in [1.29, 1.82) is 0 Å². The molecule has 1 aromatic carbocycles. The second kappa shape index (κ2) is 5.88. The molecule has 1 saturated heterocycles. The second-order valence-corrected chi connectivity index (χ2v) is 4.77. The molecule has 1 amide bonds. The zero-order valence-corrected chi connectivity index (χ0v) is 12.3. The number of carbonyl (C=O) groups excluding carboxylic acids is 1. The maximum Gasteiger partial charge on any atom is 0.276 e. The predicted octanol–water partition coefficient (Wildman–Crippen LogP) is 2.28. The van der Waals surface area contributed by atoms with Gasteiger partial charge in [0.15, 0.2) is 5.11 Å². The first-order valence-electron chi connectivity index (χ1n) is 6.16. The van der Waals surface area contributed by atoms with Crippen molar-refractivity contribution < 1.29 is 9.53 Å². The van der Waals surface area contributed by atoms with E-state index in [1.54, 1.807) is 25.1 Å². The van der Waals surface area contributed by atoms with Crippen LogP contribution in [0.1, 0.15) is 5.56 Å². The van der Waals surface area contributed by atoms with E-state index >= 15 is 0 Å². The van der Waals surface area contributed by atoms with Crippen LogP contribution < -0.4 is 4.74 Å².